The summed E-state index contributed by atoms with van der Waals surface area (Å²) in [5.41, 5.74) is 5.29. The Kier molecular flexibility index (Phi) is 20.5. The lowest BCUT2D eigenvalue weighted by atomic mass is 9.92. The second kappa shape index (κ2) is 25.2. The second-order valence-electron chi connectivity index (χ2n) is 15.1. The first-order valence-corrected chi connectivity index (χ1v) is 22.5. The van der Waals surface area contributed by atoms with Crippen LogP contribution in [0, 0.1) is 22.7 Å². The molecule has 0 spiro atoms. The van der Waals surface area contributed by atoms with Gasteiger partial charge in [-0.05, 0) is 36.2 Å². The molecule has 0 aliphatic carbocycles. The van der Waals surface area contributed by atoms with Crippen molar-refractivity contribution < 1.29 is 47.7 Å². The number of aliphatic hydroxyl groups excluding tert-OH is 2. The fourth-order valence-electron chi connectivity index (χ4n) is 7.18. The largest absolute Gasteiger partial charge is 0.495 e. The van der Waals surface area contributed by atoms with Crippen LogP contribution in [-0.4, -0.2) is 87.7 Å². The summed E-state index contributed by atoms with van der Waals surface area (Å²) in [4.78, 5) is 14.5. The van der Waals surface area contributed by atoms with E-state index >= 15 is 0 Å². The molecule has 1 fully saturated rings. The van der Waals surface area contributed by atoms with E-state index in [0.29, 0.717) is 29.0 Å². The summed E-state index contributed by atoms with van der Waals surface area (Å²) in [5.74, 6) is 0.508. The first kappa shape index (κ1) is 48.0. The number of nitrogens with zero attached hydrogens (tertiary/aromatic N) is 5. The third-order valence-electron chi connectivity index (χ3n) is 10.6. The fraction of sp³-hybridized carbons (Fsp3) is 0.667. The summed E-state index contributed by atoms with van der Waals surface area (Å²) >= 11 is 0. The van der Waals surface area contributed by atoms with Crippen molar-refractivity contribution in [1.29, 1.82) is 10.5 Å². The van der Waals surface area contributed by atoms with E-state index in [1.54, 1.807) is 18.2 Å². The van der Waals surface area contributed by atoms with E-state index in [1.165, 1.54) is 114 Å². The predicted molar refractivity (Wildman–Crippen MR) is 220 cm³/mol. The first-order valence-electron chi connectivity index (χ1n) is 21.0. The van der Waals surface area contributed by atoms with Gasteiger partial charge in [-0.15, -0.1) is 0 Å². The van der Waals surface area contributed by atoms with Crippen LogP contribution in [0.25, 0.3) is 5.52 Å². The molecule has 2 unspecified atom stereocenters. The van der Waals surface area contributed by atoms with Crippen molar-refractivity contribution in [1.82, 2.24) is 14.6 Å². The fourth-order valence-corrected chi connectivity index (χ4v) is 7.94. The van der Waals surface area contributed by atoms with Crippen LogP contribution < -0.4 is 10.5 Å². The van der Waals surface area contributed by atoms with E-state index in [1.807, 2.05) is 6.07 Å². The lowest BCUT2D eigenvalue weighted by Gasteiger charge is -2.24. The quantitative estimate of drug-likeness (QED) is 0.0389. The average molecular weight is 843 g/mol. The summed E-state index contributed by atoms with van der Waals surface area (Å²) in [5, 5.41) is 45.4. The van der Waals surface area contributed by atoms with Crippen molar-refractivity contribution >= 4 is 19.2 Å². The van der Waals surface area contributed by atoms with Gasteiger partial charge in [0.15, 0.2) is 5.82 Å². The zero-order valence-corrected chi connectivity index (χ0v) is 35.5. The molecule has 5 N–H and O–H groups in total. The van der Waals surface area contributed by atoms with E-state index in [2.05, 4.69) is 23.1 Å². The Labute approximate surface area is 348 Å². The van der Waals surface area contributed by atoms with Crippen molar-refractivity contribution in [3.05, 3.63) is 53.5 Å². The maximum Gasteiger partial charge on any atom is 0.472 e. The molecule has 2 aromatic heterocycles. The highest BCUT2D eigenvalue weighted by molar-refractivity contribution is 7.47. The summed E-state index contributed by atoms with van der Waals surface area (Å²) in [6, 6.07) is 12.0. The number of hydrogen-bond acceptors (Lipinski definition) is 14. The monoisotopic (exact) mass is 842 g/mol. The molecule has 16 nitrogen and oxygen atoms in total. The Balaban J connectivity index is 1.21. The maximum absolute atomic E-state index is 13.1. The maximum atomic E-state index is 13.1. The summed E-state index contributed by atoms with van der Waals surface area (Å²) in [7, 11) is -3.32. The Morgan fingerprint density at radius 3 is 2.19 bits per heavy atom. The number of aliphatic hydroxyl groups is 2. The lowest BCUT2D eigenvalue weighted by molar-refractivity contribution is -0.0690. The van der Waals surface area contributed by atoms with Crippen LogP contribution in [0.2, 0.25) is 0 Å². The Hall–Kier alpha value is -3.67. The molecule has 1 saturated heterocycles. The van der Waals surface area contributed by atoms with E-state index in [9.17, 15) is 30.2 Å². The number of phosphoric acid groups is 1. The van der Waals surface area contributed by atoms with Crippen LogP contribution in [0.5, 0.6) is 5.75 Å². The molecule has 0 bridgehead atoms. The van der Waals surface area contributed by atoms with E-state index in [4.69, 9.17) is 33.7 Å². The van der Waals surface area contributed by atoms with Crippen molar-refractivity contribution in [3.8, 4) is 17.9 Å². The van der Waals surface area contributed by atoms with Gasteiger partial charge in [0.2, 0.25) is 5.60 Å². The Morgan fingerprint density at radius 2 is 1.58 bits per heavy atom. The van der Waals surface area contributed by atoms with Crippen molar-refractivity contribution in [2.24, 2.45) is 0 Å². The van der Waals surface area contributed by atoms with Crippen LogP contribution in [0.15, 0.2) is 36.7 Å². The zero-order valence-electron chi connectivity index (χ0n) is 34.6. The van der Waals surface area contributed by atoms with Crippen molar-refractivity contribution in [2.45, 2.75) is 146 Å². The third-order valence-corrected chi connectivity index (χ3v) is 11.6. The summed E-state index contributed by atoms with van der Waals surface area (Å²) in [6.45, 7) is 1.76. The van der Waals surface area contributed by atoms with Gasteiger partial charge in [0.05, 0.1) is 44.8 Å². The molecule has 6 atom stereocenters. The second-order valence-corrected chi connectivity index (χ2v) is 16.6. The Bertz CT molecular complexity index is 1840. The average Bonchev–Trinajstić information content (AvgIpc) is 3.79. The van der Waals surface area contributed by atoms with Gasteiger partial charge in [0.25, 0.3) is 0 Å². The standard InChI is InChI=1S/C42H63N6O10P/c1-3-4-5-6-7-8-9-10-11-12-13-14-15-16-17-18-23-54-27-34(55-26-32-19-20-33(25-43)36(24-32)53-2)28-56-59(51,52)57-29-37-39(49)40(50)42(30-44,58-37)38-22-21-35-41(45)46-31-47-48(35)38/h19-22,24,31,34,37,39-40,49-50H,3-18,23,26-29H2,1-2H3,(H,51,52)(H2,45,46,47)/t34-,37?,39-,40-,42+/m1/s1. The van der Waals surface area contributed by atoms with Crippen LogP contribution in [0.1, 0.15) is 126 Å². The third kappa shape index (κ3) is 14.5. The molecular formula is C42H63N6O10P. The highest BCUT2D eigenvalue weighted by Gasteiger charge is 2.58. The molecule has 4 rings (SSSR count). The van der Waals surface area contributed by atoms with E-state index in [0.717, 1.165) is 19.3 Å². The van der Waals surface area contributed by atoms with Crippen LogP contribution in [0.3, 0.4) is 0 Å². The number of benzene rings is 1. The molecule has 326 valence electrons. The number of hydrogen-bond donors (Lipinski definition) is 4. The SMILES string of the molecule is CCCCCCCCCCCCCCCCCCOC[C@H](COP(=O)(O)OCC1O[C@@](C#N)(c2ccc3c(N)ncnn23)[C@H](O)[C@@H]1O)OCc1ccc(C#N)c(OC)c1. The van der Waals surface area contributed by atoms with Gasteiger partial charge >= 0.3 is 7.82 Å². The minimum atomic E-state index is -4.79. The van der Waals surface area contributed by atoms with Crippen molar-refractivity contribution in [3.63, 3.8) is 0 Å². The molecule has 3 heterocycles. The number of anilines is 1. The zero-order chi connectivity index (χ0) is 42.5. The molecular weight excluding hydrogens is 779 g/mol. The van der Waals surface area contributed by atoms with Gasteiger partial charge in [-0.25, -0.2) is 14.1 Å². The molecule has 0 radical (unpaired) electrons. The Morgan fingerprint density at radius 1 is 0.932 bits per heavy atom. The first-order chi connectivity index (χ1) is 28.6. The minimum absolute atomic E-state index is 0.0623. The van der Waals surface area contributed by atoms with Gasteiger partial charge < -0.3 is 39.8 Å². The van der Waals surface area contributed by atoms with Gasteiger partial charge in [0, 0.05) is 6.61 Å². The molecule has 1 aliphatic rings. The molecule has 3 aromatic rings. The number of nitriles is 2. The van der Waals surface area contributed by atoms with Crippen LogP contribution in [0.4, 0.5) is 5.82 Å². The predicted octanol–water partition coefficient (Wildman–Crippen LogP) is 7.03. The molecule has 0 saturated carbocycles. The number of nitrogens with two attached hydrogens (primary N) is 1. The summed E-state index contributed by atoms with van der Waals surface area (Å²) in [6.07, 6.45) is 15.8. The van der Waals surface area contributed by atoms with E-state index < -0.39 is 51.1 Å². The van der Waals surface area contributed by atoms with Gasteiger partial charge in [-0.1, -0.05) is 109 Å². The molecule has 1 aromatic carbocycles. The number of fused-ring (bicyclic) bond motifs is 1. The number of phosphoric ester groups is 1. The lowest BCUT2D eigenvalue weighted by Crippen LogP contribution is -2.41. The number of aromatic nitrogens is 3. The van der Waals surface area contributed by atoms with Crippen molar-refractivity contribution in [2.75, 3.05) is 39.3 Å². The summed E-state index contributed by atoms with van der Waals surface area (Å²) < 4.78 is 47.9. The van der Waals surface area contributed by atoms with Crippen LogP contribution >= 0.6 is 7.82 Å². The number of nitrogen functional groups attached to an aromatic ring is 1. The number of ether oxygens (including phenoxy) is 4. The highest BCUT2D eigenvalue weighted by atomic mass is 31.2. The number of methoxy groups -OCH3 is 1. The minimum Gasteiger partial charge on any atom is -0.495 e. The van der Waals surface area contributed by atoms with Gasteiger partial charge in [0.1, 0.15) is 54.1 Å². The van der Waals surface area contributed by atoms with Crippen LogP contribution in [-0.2, 0) is 40.0 Å². The number of unbranched alkanes of at least 4 members (excludes halogenated alkanes) is 15. The topological polar surface area (TPSA) is 237 Å². The highest BCUT2D eigenvalue weighted by Crippen LogP contribution is 2.46. The normalized spacial score (nSPS) is 20.6. The molecule has 1 aliphatic heterocycles. The molecule has 59 heavy (non-hydrogen) atoms. The van der Waals surface area contributed by atoms with Gasteiger partial charge in [-0.3, -0.25) is 9.05 Å². The smallest absolute Gasteiger partial charge is 0.472 e. The van der Waals surface area contributed by atoms with E-state index in [-0.39, 0.29) is 24.7 Å². The molecule has 17 heteroatoms. The molecule has 0 amide bonds. The van der Waals surface area contributed by atoms with Gasteiger partial charge in [-0.2, -0.15) is 15.6 Å². The number of rotatable bonds is 30.